The van der Waals surface area contributed by atoms with Gasteiger partial charge in [0.2, 0.25) is 0 Å². The van der Waals surface area contributed by atoms with Crippen LogP contribution in [0.25, 0.3) is 0 Å². The highest BCUT2D eigenvalue weighted by atomic mass is 35.5. The van der Waals surface area contributed by atoms with Crippen LogP contribution >= 0.6 is 11.6 Å². The van der Waals surface area contributed by atoms with E-state index in [4.69, 9.17) is 11.6 Å². The van der Waals surface area contributed by atoms with E-state index in [0.29, 0.717) is 11.4 Å². The lowest BCUT2D eigenvalue weighted by Crippen LogP contribution is -2.38. The summed E-state index contributed by atoms with van der Waals surface area (Å²) in [6.45, 7) is 5.50. The standard InChI is InChI=1S/C13H14ClN3O/c1-3-5-12-10-8-9(14)6-7-11(10)16-13(18)17(12)15-4-2/h3-4,6-8,12H,1,5H2,2H3,(H,16,18)/b15-4-. The molecule has 0 aliphatic carbocycles. The fraction of sp³-hybridized carbons (Fsp3) is 0.231. The number of nitrogens with one attached hydrogen (secondary N) is 1. The molecular formula is C13H14ClN3O. The number of anilines is 1. The molecule has 1 N–H and O–H groups in total. The molecule has 1 unspecified atom stereocenters. The van der Waals surface area contributed by atoms with Gasteiger partial charge < -0.3 is 5.32 Å². The van der Waals surface area contributed by atoms with Gasteiger partial charge in [-0.15, -0.1) is 6.58 Å². The zero-order valence-corrected chi connectivity index (χ0v) is 10.8. The Kier molecular flexibility index (Phi) is 3.67. The van der Waals surface area contributed by atoms with Crippen molar-refractivity contribution in [3.63, 3.8) is 0 Å². The van der Waals surface area contributed by atoms with Crippen LogP contribution in [0.1, 0.15) is 24.9 Å². The molecule has 1 atom stereocenters. The Labute approximate surface area is 111 Å². The van der Waals surface area contributed by atoms with Crippen molar-refractivity contribution < 1.29 is 4.79 Å². The summed E-state index contributed by atoms with van der Waals surface area (Å²) in [7, 11) is 0. The van der Waals surface area contributed by atoms with Gasteiger partial charge in [0.05, 0.1) is 6.04 Å². The fourth-order valence-electron chi connectivity index (χ4n) is 2.01. The van der Waals surface area contributed by atoms with Gasteiger partial charge in [0.15, 0.2) is 0 Å². The van der Waals surface area contributed by atoms with Gasteiger partial charge in [-0.3, -0.25) is 0 Å². The number of amides is 2. The molecule has 18 heavy (non-hydrogen) atoms. The molecule has 0 spiro atoms. The molecule has 1 heterocycles. The van der Waals surface area contributed by atoms with Crippen LogP contribution in [0.5, 0.6) is 0 Å². The first-order valence-electron chi connectivity index (χ1n) is 5.66. The van der Waals surface area contributed by atoms with Gasteiger partial charge in [-0.2, -0.15) is 5.10 Å². The van der Waals surface area contributed by atoms with Crippen molar-refractivity contribution in [2.45, 2.75) is 19.4 Å². The summed E-state index contributed by atoms with van der Waals surface area (Å²) in [5.41, 5.74) is 1.73. The molecule has 5 heteroatoms. The third kappa shape index (κ3) is 2.24. The minimum absolute atomic E-state index is 0.166. The Hall–Kier alpha value is -1.81. The van der Waals surface area contributed by atoms with Crippen LogP contribution < -0.4 is 5.32 Å². The van der Waals surface area contributed by atoms with Crippen LogP contribution in [0.3, 0.4) is 0 Å². The molecule has 1 aromatic rings. The van der Waals surface area contributed by atoms with E-state index in [1.54, 1.807) is 31.3 Å². The molecule has 0 radical (unpaired) electrons. The van der Waals surface area contributed by atoms with Gasteiger partial charge in [0.25, 0.3) is 0 Å². The SMILES string of the molecule is C=CCC1c2cc(Cl)ccc2NC(=O)N1/N=C\C. The second-order valence-electron chi connectivity index (χ2n) is 3.92. The smallest absolute Gasteiger partial charge is 0.306 e. The van der Waals surface area contributed by atoms with E-state index in [2.05, 4.69) is 17.0 Å². The maximum atomic E-state index is 12.0. The number of benzene rings is 1. The Balaban J connectivity index is 2.50. The summed E-state index contributed by atoms with van der Waals surface area (Å²) in [5.74, 6) is 0. The highest BCUT2D eigenvalue weighted by molar-refractivity contribution is 6.30. The van der Waals surface area contributed by atoms with Crippen LogP contribution in [-0.2, 0) is 0 Å². The van der Waals surface area contributed by atoms with Crippen molar-refractivity contribution in [1.82, 2.24) is 5.01 Å². The summed E-state index contributed by atoms with van der Waals surface area (Å²) >= 11 is 6.01. The van der Waals surface area contributed by atoms with Crippen LogP contribution in [0.15, 0.2) is 36.0 Å². The Morgan fingerprint density at radius 1 is 1.61 bits per heavy atom. The lowest BCUT2D eigenvalue weighted by molar-refractivity contribution is 0.188. The molecule has 0 aromatic heterocycles. The second-order valence-corrected chi connectivity index (χ2v) is 4.36. The summed E-state index contributed by atoms with van der Waals surface area (Å²) in [6.07, 6.45) is 3.98. The van der Waals surface area contributed by atoms with E-state index < -0.39 is 0 Å². The largest absolute Gasteiger partial charge is 0.342 e. The number of urea groups is 1. The van der Waals surface area contributed by atoms with Gasteiger partial charge >= 0.3 is 6.03 Å². The molecule has 2 amide bonds. The molecule has 1 aromatic carbocycles. The normalized spacial score (nSPS) is 18.7. The molecule has 94 valence electrons. The van der Waals surface area contributed by atoms with Crippen molar-refractivity contribution in [2.75, 3.05) is 5.32 Å². The van der Waals surface area contributed by atoms with Crippen LogP contribution in [-0.4, -0.2) is 17.3 Å². The van der Waals surface area contributed by atoms with Gasteiger partial charge in [-0.25, -0.2) is 9.80 Å². The molecule has 0 fully saturated rings. The first kappa shape index (κ1) is 12.6. The van der Waals surface area contributed by atoms with Crippen LogP contribution in [0.4, 0.5) is 10.5 Å². The summed E-state index contributed by atoms with van der Waals surface area (Å²) in [6, 6.07) is 5.00. The number of halogens is 1. The van der Waals surface area contributed by atoms with Gasteiger partial charge in [-0.1, -0.05) is 17.7 Å². The highest BCUT2D eigenvalue weighted by Crippen LogP contribution is 2.36. The number of hydrazone groups is 1. The number of rotatable bonds is 3. The number of carbonyl (C=O) groups excluding carboxylic acids is 1. The zero-order chi connectivity index (χ0) is 13.1. The number of hydrogen-bond donors (Lipinski definition) is 1. The lowest BCUT2D eigenvalue weighted by atomic mass is 9.99. The maximum Gasteiger partial charge on any atom is 0.342 e. The first-order chi connectivity index (χ1) is 8.67. The minimum atomic E-state index is -0.241. The van der Waals surface area contributed by atoms with E-state index in [1.807, 2.05) is 6.07 Å². The van der Waals surface area contributed by atoms with E-state index >= 15 is 0 Å². The molecule has 2 rings (SSSR count). The maximum absolute atomic E-state index is 12.0. The number of fused-ring (bicyclic) bond motifs is 1. The molecule has 0 saturated carbocycles. The average Bonchev–Trinajstić information content (AvgIpc) is 2.35. The zero-order valence-electron chi connectivity index (χ0n) is 10.1. The lowest BCUT2D eigenvalue weighted by Gasteiger charge is -2.33. The number of nitrogens with zero attached hydrogens (tertiary/aromatic N) is 2. The fourth-order valence-corrected chi connectivity index (χ4v) is 2.19. The average molecular weight is 264 g/mol. The van der Waals surface area contributed by atoms with Crippen molar-refractivity contribution in [3.8, 4) is 0 Å². The van der Waals surface area contributed by atoms with Crippen LogP contribution in [0, 0.1) is 0 Å². The number of hydrogen-bond acceptors (Lipinski definition) is 2. The topological polar surface area (TPSA) is 44.7 Å². The van der Waals surface area contributed by atoms with E-state index in [-0.39, 0.29) is 12.1 Å². The molecule has 0 bridgehead atoms. The second kappa shape index (κ2) is 5.23. The third-order valence-corrected chi connectivity index (χ3v) is 2.98. The summed E-state index contributed by atoms with van der Waals surface area (Å²) in [4.78, 5) is 12.0. The number of carbonyl (C=O) groups is 1. The van der Waals surface area contributed by atoms with E-state index in [9.17, 15) is 4.79 Å². The first-order valence-corrected chi connectivity index (χ1v) is 6.04. The van der Waals surface area contributed by atoms with Crippen molar-refractivity contribution in [3.05, 3.63) is 41.4 Å². The Bertz CT molecular complexity index is 513. The minimum Gasteiger partial charge on any atom is -0.306 e. The Morgan fingerprint density at radius 3 is 3.06 bits per heavy atom. The quantitative estimate of drug-likeness (QED) is 0.654. The van der Waals surface area contributed by atoms with Crippen molar-refractivity contribution in [1.29, 1.82) is 0 Å². The van der Waals surface area contributed by atoms with Crippen LogP contribution in [0.2, 0.25) is 5.02 Å². The molecule has 0 saturated heterocycles. The molecule has 1 aliphatic rings. The van der Waals surface area contributed by atoms with Gasteiger partial charge in [0.1, 0.15) is 0 Å². The Morgan fingerprint density at radius 2 is 2.39 bits per heavy atom. The van der Waals surface area contributed by atoms with Crippen molar-refractivity contribution in [2.24, 2.45) is 5.10 Å². The van der Waals surface area contributed by atoms with Crippen molar-refractivity contribution >= 4 is 29.5 Å². The van der Waals surface area contributed by atoms with E-state index in [0.717, 1.165) is 11.3 Å². The molecule has 1 aliphatic heterocycles. The predicted molar refractivity (Wildman–Crippen MR) is 74.0 cm³/mol. The van der Waals surface area contributed by atoms with Gasteiger partial charge in [-0.05, 0) is 31.5 Å². The van der Waals surface area contributed by atoms with E-state index in [1.165, 1.54) is 5.01 Å². The highest BCUT2D eigenvalue weighted by Gasteiger charge is 2.31. The molecule has 4 nitrogen and oxygen atoms in total. The summed E-state index contributed by atoms with van der Waals surface area (Å²) < 4.78 is 0. The predicted octanol–water partition coefficient (Wildman–Crippen LogP) is 3.81. The molecular weight excluding hydrogens is 250 g/mol. The third-order valence-electron chi connectivity index (χ3n) is 2.75. The summed E-state index contributed by atoms with van der Waals surface area (Å²) in [5, 5.41) is 8.94. The van der Waals surface area contributed by atoms with Gasteiger partial charge in [0, 0.05) is 22.5 Å². The monoisotopic (exact) mass is 263 g/mol.